The van der Waals surface area contributed by atoms with Gasteiger partial charge in [0.15, 0.2) is 5.82 Å². The second-order valence-corrected chi connectivity index (χ2v) is 11.0. The maximum Gasteiger partial charge on any atom is 0.160 e. The number of fused-ring (bicyclic) bond motifs is 8. The molecule has 44 heavy (non-hydrogen) atoms. The number of rotatable bonds is 3. The Morgan fingerprint density at radius 3 is 1.73 bits per heavy atom. The standard InChI is InChI=1S/C39H23N5/c1-2-6-26-20-30-21-28(10-9-27(30)19-25(26)5-1)35-23-36(44-39(43-35)24-13-15-40-16-14-24)29-11-12-32-31-7-3-4-8-33(31)37-38(34(32)22-29)42-18-17-41-37/h1-23H. The van der Waals surface area contributed by atoms with Gasteiger partial charge in [-0.2, -0.15) is 0 Å². The van der Waals surface area contributed by atoms with E-state index in [4.69, 9.17) is 19.9 Å². The molecule has 0 aliphatic carbocycles. The number of hydrogen-bond acceptors (Lipinski definition) is 5. The van der Waals surface area contributed by atoms with Crippen molar-refractivity contribution in [2.45, 2.75) is 0 Å². The third kappa shape index (κ3) is 3.98. The molecule has 9 aromatic rings. The maximum absolute atomic E-state index is 5.08. The molecule has 0 aliphatic heterocycles. The molecule has 0 aliphatic rings. The van der Waals surface area contributed by atoms with Gasteiger partial charge in [-0.1, -0.05) is 72.8 Å². The van der Waals surface area contributed by atoms with E-state index in [2.05, 4.69) is 108 Å². The van der Waals surface area contributed by atoms with E-state index < -0.39 is 0 Å². The van der Waals surface area contributed by atoms with Gasteiger partial charge < -0.3 is 0 Å². The molecule has 3 aromatic heterocycles. The highest BCUT2D eigenvalue weighted by molar-refractivity contribution is 6.23. The molecule has 3 heterocycles. The fourth-order valence-corrected chi connectivity index (χ4v) is 6.26. The molecule has 0 N–H and O–H groups in total. The molecule has 0 saturated carbocycles. The molecule has 6 aromatic carbocycles. The van der Waals surface area contributed by atoms with E-state index in [1.165, 1.54) is 21.5 Å². The van der Waals surface area contributed by atoms with E-state index in [1.807, 2.05) is 12.1 Å². The van der Waals surface area contributed by atoms with E-state index in [-0.39, 0.29) is 0 Å². The summed E-state index contributed by atoms with van der Waals surface area (Å²) in [5.74, 6) is 0.654. The van der Waals surface area contributed by atoms with Gasteiger partial charge >= 0.3 is 0 Å². The summed E-state index contributed by atoms with van der Waals surface area (Å²) in [6, 6.07) is 40.4. The number of aromatic nitrogens is 5. The average molecular weight is 562 g/mol. The number of nitrogens with zero attached hydrogens (tertiary/aromatic N) is 5. The lowest BCUT2D eigenvalue weighted by Crippen LogP contribution is -1.96. The van der Waals surface area contributed by atoms with Crippen molar-refractivity contribution >= 4 is 54.1 Å². The molecule has 0 saturated heterocycles. The summed E-state index contributed by atoms with van der Waals surface area (Å²) in [6.45, 7) is 0. The fourth-order valence-electron chi connectivity index (χ4n) is 6.26. The minimum Gasteiger partial charge on any atom is -0.265 e. The largest absolute Gasteiger partial charge is 0.265 e. The first kappa shape index (κ1) is 24.5. The van der Waals surface area contributed by atoms with Crippen LogP contribution in [0.3, 0.4) is 0 Å². The SMILES string of the molecule is c1ccc2cc3cc(-c4cc(-c5ccc6c7ccccc7c7nccnc7c6c5)nc(-c5ccncc5)n4)ccc3cc2c1. The molecule has 9 rings (SSSR count). The van der Waals surface area contributed by atoms with Crippen molar-refractivity contribution < 1.29 is 0 Å². The van der Waals surface area contributed by atoms with Crippen LogP contribution in [0.4, 0.5) is 0 Å². The monoisotopic (exact) mass is 561 g/mol. The smallest absolute Gasteiger partial charge is 0.160 e. The van der Waals surface area contributed by atoms with Gasteiger partial charge in [0.05, 0.1) is 22.4 Å². The van der Waals surface area contributed by atoms with E-state index >= 15 is 0 Å². The lowest BCUT2D eigenvalue weighted by Gasteiger charge is -2.12. The van der Waals surface area contributed by atoms with Crippen molar-refractivity contribution in [3.63, 3.8) is 0 Å². The lowest BCUT2D eigenvalue weighted by atomic mass is 9.96. The van der Waals surface area contributed by atoms with Crippen molar-refractivity contribution in [1.29, 1.82) is 0 Å². The van der Waals surface area contributed by atoms with Crippen molar-refractivity contribution in [3.8, 4) is 33.9 Å². The minimum absolute atomic E-state index is 0.654. The molecule has 5 heteroatoms. The zero-order valence-electron chi connectivity index (χ0n) is 23.5. The van der Waals surface area contributed by atoms with Crippen LogP contribution in [0, 0.1) is 0 Å². The Balaban J connectivity index is 1.27. The lowest BCUT2D eigenvalue weighted by molar-refractivity contribution is 1.18. The van der Waals surface area contributed by atoms with E-state index in [0.717, 1.165) is 60.7 Å². The van der Waals surface area contributed by atoms with Crippen LogP contribution < -0.4 is 0 Å². The predicted octanol–water partition coefficient (Wildman–Crippen LogP) is 9.43. The molecule has 0 radical (unpaired) electrons. The van der Waals surface area contributed by atoms with Crippen molar-refractivity contribution in [3.05, 3.63) is 140 Å². The van der Waals surface area contributed by atoms with Gasteiger partial charge in [0.1, 0.15) is 0 Å². The summed E-state index contributed by atoms with van der Waals surface area (Å²) in [7, 11) is 0. The van der Waals surface area contributed by atoms with Crippen LogP contribution in [0.1, 0.15) is 0 Å². The van der Waals surface area contributed by atoms with E-state index in [0.29, 0.717) is 5.82 Å². The number of benzene rings is 6. The van der Waals surface area contributed by atoms with Crippen LogP contribution in [-0.4, -0.2) is 24.9 Å². The molecule has 0 amide bonds. The van der Waals surface area contributed by atoms with Crippen molar-refractivity contribution in [2.24, 2.45) is 0 Å². The van der Waals surface area contributed by atoms with Gasteiger partial charge in [-0.05, 0) is 74.8 Å². The minimum atomic E-state index is 0.654. The third-order valence-corrected chi connectivity index (χ3v) is 8.41. The Labute approximate surface area is 252 Å². The first-order chi connectivity index (χ1) is 21.8. The van der Waals surface area contributed by atoms with Gasteiger partial charge in [0.25, 0.3) is 0 Å². The van der Waals surface area contributed by atoms with Crippen molar-refractivity contribution in [2.75, 3.05) is 0 Å². The molecule has 5 nitrogen and oxygen atoms in total. The summed E-state index contributed by atoms with van der Waals surface area (Å²) in [5, 5.41) is 9.28. The Bertz CT molecular complexity index is 2520. The Morgan fingerprint density at radius 1 is 0.364 bits per heavy atom. The fraction of sp³-hybridized carbons (Fsp3) is 0. The van der Waals surface area contributed by atoms with Gasteiger partial charge in [0.2, 0.25) is 0 Å². The predicted molar refractivity (Wildman–Crippen MR) is 179 cm³/mol. The molecule has 0 atom stereocenters. The van der Waals surface area contributed by atoms with Crippen LogP contribution in [0.2, 0.25) is 0 Å². The molecule has 0 unspecified atom stereocenters. The molecular formula is C39H23N5. The van der Waals surface area contributed by atoms with Gasteiger partial charge in [0, 0.05) is 52.3 Å². The third-order valence-electron chi connectivity index (χ3n) is 8.41. The highest BCUT2D eigenvalue weighted by atomic mass is 14.9. The summed E-state index contributed by atoms with van der Waals surface area (Å²) < 4.78 is 0. The maximum atomic E-state index is 5.08. The normalized spacial score (nSPS) is 11.6. The molecule has 204 valence electrons. The first-order valence-electron chi connectivity index (χ1n) is 14.6. The summed E-state index contributed by atoms with van der Waals surface area (Å²) in [4.78, 5) is 23.8. The summed E-state index contributed by atoms with van der Waals surface area (Å²) in [5.41, 5.74) is 6.43. The van der Waals surface area contributed by atoms with Crippen LogP contribution in [0.5, 0.6) is 0 Å². The highest BCUT2D eigenvalue weighted by Gasteiger charge is 2.15. The van der Waals surface area contributed by atoms with Gasteiger partial charge in [-0.25, -0.2) is 9.97 Å². The highest BCUT2D eigenvalue weighted by Crippen LogP contribution is 2.36. The Morgan fingerprint density at radius 2 is 0.955 bits per heavy atom. The number of hydrogen-bond donors (Lipinski definition) is 0. The molecule has 0 spiro atoms. The van der Waals surface area contributed by atoms with Gasteiger partial charge in [-0.15, -0.1) is 0 Å². The molecular weight excluding hydrogens is 538 g/mol. The Hall–Kier alpha value is -6.07. The van der Waals surface area contributed by atoms with E-state index in [9.17, 15) is 0 Å². The Kier molecular flexibility index (Phi) is 5.43. The van der Waals surface area contributed by atoms with Crippen LogP contribution >= 0.6 is 0 Å². The average Bonchev–Trinajstić information content (AvgIpc) is 3.10. The zero-order valence-corrected chi connectivity index (χ0v) is 23.5. The molecule has 0 fully saturated rings. The first-order valence-corrected chi connectivity index (χ1v) is 14.6. The topological polar surface area (TPSA) is 64.5 Å². The van der Waals surface area contributed by atoms with Crippen LogP contribution in [0.15, 0.2) is 140 Å². The molecule has 0 bridgehead atoms. The van der Waals surface area contributed by atoms with Crippen LogP contribution in [-0.2, 0) is 0 Å². The summed E-state index contributed by atoms with van der Waals surface area (Å²) in [6.07, 6.45) is 7.07. The second kappa shape index (κ2) is 9.75. The van der Waals surface area contributed by atoms with Crippen LogP contribution in [0.25, 0.3) is 88.0 Å². The van der Waals surface area contributed by atoms with Crippen molar-refractivity contribution in [1.82, 2.24) is 24.9 Å². The second-order valence-electron chi connectivity index (χ2n) is 11.0. The zero-order chi connectivity index (χ0) is 29.0. The van der Waals surface area contributed by atoms with Gasteiger partial charge in [-0.3, -0.25) is 15.0 Å². The summed E-state index contributed by atoms with van der Waals surface area (Å²) >= 11 is 0. The van der Waals surface area contributed by atoms with E-state index in [1.54, 1.807) is 24.8 Å². The number of pyridine rings is 1. The quantitative estimate of drug-likeness (QED) is 0.159.